The molecule has 2 N–H and O–H groups in total. The Morgan fingerprint density at radius 1 is 1.47 bits per heavy atom. The molecule has 1 aromatic rings. The van der Waals surface area contributed by atoms with Crippen LogP contribution >= 0.6 is 0 Å². The molecule has 0 radical (unpaired) electrons. The van der Waals surface area contributed by atoms with E-state index in [4.69, 9.17) is 5.11 Å². The fraction of sp³-hybridized carbons (Fsp3) is 0.333. The van der Waals surface area contributed by atoms with E-state index in [-0.39, 0.29) is 6.42 Å². The largest absolute Gasteiger partial charge is 0.480 e. The van der Waals surface area contributed by atoms with Gasteiger partial charge in [0.2, 0.25) is 0 Å². The fourth-order valence-electron chi connectivity index (χ4n) is 2.01. The first-order chi connectivity index (χ1) is 7.93. The van der Waals surface area contributed by atoms with Crippen molar-refractivity contribution in [3.05, 3.63) is 35.6 Å². The van der Waals surface area contributed by atoms with Gasteiger partial charge < -0.3 is 10.2 Å². The minimum Gasteiger partial charge on any atom is -0.480 e. The molecule has 0 amide bonds. The number of carbonyl (C=O) groups is 1. The van der Waals surface area contributed by atoms with Crippen LogP contribution in [0.1, 0.15) is 18.9 Å². The summed E-state index contributed by atoms with van der Waals surface area (Å²) in [4.78, 5) is 14.8. The average molecular weight is 237 g/mol. The van der Waals surface area contributed by atoms with Crippen LogP contribution in [0, 0.1) is 5.82 Å². The lowest BCUT2D eigenvalue weighted by Crippen LogP contribution is -2.32. The van der Waals surface area contributed by atoms with Crippen molar-refractivity contribution in [1.82, 2.24) is 0 Å². The average Bonchev–Trinajstić information content (AvgIpc) is 2.58. The lowest BCUT2D eigenvalue weighted by atomic mass is 9.87. The van der Waals surface area contributed by atoms with E-state index in [1.807, 2.05) is 0 Å². The molecule has 5 heteroatoms. The summed E-state index contributed by atoms with van der Waals surface area (Å²) in [5.74, 6) is -1.47. The molecule has 1 aromatic carbocycles. The van der Waals surface area contributed by atoms with Gasteiger partial charge in [0.05, 0.1) is 0 Å². The fourth-order valence-corrected chi connectivity index (χ4v) is 2.01. The van der Waals surface area contributed by atoms with Gasteiger partial charge in [0, 0.05) is 12.1 Å². The smallest absolute Gasteiger partial charge is 0.328 e. The van der Waals surface area contributed by atoms with Crippen LogP contribution in [0.4, 0.5) is 4.39 Å². The minimum atomic E-state index is -1.41. The maximum Gasteiger partial charge on any atom is 0.328 e. The van der Waals surface area contributed by atoms with Crippen molar-refractivity contribution in [1.29, 1.82) is 0 Å². The third-order valence-corrected chi connectivity index (χ3v) is 3.04. The molecule has 2 atom stereocenters. The summed E-state index contributed by atoms with van der Waals surface area (Å²) in [6.45, 7) is 1.58. The molecule has 0 aliphatic carbocycles. The molecular weight excluding hydrogens is 225 g/mol. The number of nitrogens with zero attached hydrogens (tertiary/aromatic N) is 1. The van der Waals surface area contributed by atoms with Crippen LogP contribution in [-0.2, 0) is 10.4 Å². The van der Waals surface area contributed by atoms with Crippen LogP contribution in [0.15, 0.2) is 29.3 Å². The normalized spacial score (nSPS) is 27.9. The van der Waals surface area contributed by atoms with Gasteiger partial charge in [-0.05, 0) is 24.6 Å². The number of hydrogen-bond acceptors (Lipinski definition) is 3. The topological polar surface area (TPSA) is 69.9 Å². The standard InChI is InChI=1S/C12H12FNO3/c1-7-12(17,6-10(14-7)11(15)16)8-2-4-9(13)5-3-8/h2-5,10,17H,6H2,1H3,(H,15,16)/t10-,12+/m0/s1. The quantitative estimate of drug-likeness (QED) is 0.815. The van der Waals surface area contributed by atoms with Crippen molar-refractivity contribution in [3.63, 3.8) is 0 Å². The molecule has 0 saturated carbocycles. The van der Waals surface area contributed by atoms with Crippen molar-refractivity contribution in [2.45, 2.75) is 25.0 Å². The van der Waals surface area contributed by atoms with Crippen molar-refractivity contribution >= 4 is 11.7 Å². The van der Waals surface area contributed by atoms with E-state index in [0.29, 0.717) is 11.3 Å². The van der Waals surface area contributed by atoms with E-state index in [0.717, 1.165) is 0 Å². The summed E-state index contributed by atoms with van der Waals surface area (Å²) in [5.41, 5.74) is -0.600. The van der Waals surface area contributed by atoms with Crippen LogP contribution in [0.25, 0.3) is 0 Å². The highest BCUT2D eigenvalue weighted by atomic mass is 19.1. The first-order valence-corrected chi connectivity index (χ1v) is 5.19. The number of hydrogen-bond donors (Lipinski definition) is 2. The minimum absolute atomic E-state index is 0.0141. The van der Waals surface area contributed by atoms with E-state index in [2.05, 4.69) is 4.99 Å². The van der Waals surface area contributed by atoms with Crippen LogP contribution in [-0.4, -0.2) is 27.9 Å². The number of aliphatic hydroxyl groups is 1. The highest BCUT2D eigenvalue weighted by Crippen LogP contribution is 2.34. The Morgan fingerprint density at radius 2 is 2.06 bits per heavy atom. The van der Waals surface area contributed by atoms with Gasteiger partial charge in [-0.25, -0.2) is 9.18 Å². The molecule has 4 nitrogen and oxygen atoms in total. The molecule has 0 unspecified atom stereocenters. The molecule has 0 aromatic heterocycles. The van der Waals surface area contributed by atoms with Crippen LogP contribution < -0.4 is 0 Å². The Morgan fingerprint density at radius 3 is 2.53 bits per heavy atom. The van der Waals surface area contributed by atoms with Gasteiger partial charge in [-0.15, -0.1) is 0 Å². The van der Waals surface area contributed by atoms with E-state index in [9.17, 15) is 14.3 Å². The number of carboxylic acids is 1. The molecule has 90 valence electrons. The molecule has 0 saturated heterocycles. The van der Waals surface area contributed by atoms with Crippen LogP contribution in [0.2, 0.25) is 0 Å². The van der Waals surface area contributed by atoms with Crippen LogP contribution in [0.5, 0.6) is 0 Å². The van der Waals surface area contributed by atoms with Gasteiger partial charge in [0.15, 0.2) is 6.04 Å². The molecule has 0 spiro atoms. The molecule has 2 rings (SSSR count). The zero-order valence-corrected chi connectivity index (χ0v) is 9.22. The predicted octanol–water partition coefficient (Wildman–Crippen LogP) is 1.33. The summed E-state index contributed by atoms with van der Waals surface area (Å²) in [5, 5.41) is 19.3. The maximum atomic E-state index is 12.8. The second-order valence-corrected chi connectivity index (χ2v) is 4.14. The highest BCUT2D eigenvalue weighted by Gasteiger charge is 2.43. The zero-order valence-electron chi connectivity index (χ0n) is 9.22. The molecule has 1 aliphatic heterocycles. The van der Waals surface area contributed by atoms with E-state index < -0.39 is 23.4 Å². The third kappa shape index (κ3) is 1.93. The van der Waals surface area contributed by atoms with Crippen molar-refractivity contribution in [2.24, 2.45) is 4.99 Å². The van der Waals surface area contributed by atoms with Crippen LogP contribution in [0.3, 0.4) is 0 Å². The summed E-state index contributed by atoms with van der Waals surface area (Å²) in [6.07, 6.45) is -0.0141. The maximum absolute atomic E-state index is 12.8. The van der Waals surface area contributed by atoms with Gasteiger partial charge in [-0.1, -0.05) is 12.1 Å². The summed E-state index contributed by atoms with van der Waals surface area (Å²) in [6, 6.07) is 4.41. The van der Waals surface area contributed by atoms with E-state index in [1.165, 1.54) is 24.3 Å². The Bertz CT molecular complexity index is 483. The molecule has 1 heterocycles. The Balaban J connectivity index is 2.36. The lowest BCUT2D eigenvalue weighted by molar-refractivity contribution is -0.139. The zero-order chi connectivity index (χ0) is 12.6. The molecule has 17 heavy (non-hydrogen) atoms. The summed E-state index contributed by atoms with van der Waals surface area (Å²) >= 11 is 0. The second-order valence-electron chi connectivity index (χ2n) is 4.14. The Hall–Kier alpha value is -1.75. The SMILES string of the molecule is CC1=N[C@H](C(=O)O)C[C@]1(O)c1ccc(F)cc1. The first-order valence-electron chi connectivity index (χ1n) is 5.19. The second kappa shape index (κ2) is 3.92. The van der Waals surface area contributed by atoms with Gasteiger partial charge >= 0.3 is 5.97 Å². The Labute approximate surface area is 97.4 Å². The summed E-state index contributed by atoms with van der Waals surface area (Å²) in [7, 11) is 0. The lowest BCUT2D eigenvalue weighted by Gasteiger charge is -2.23. The van der Waals surface area contributed by atoms with Crippen molar-refractivity contribution in [2.75, 3.05) is 0 Å². The molecule has 1 aliphatic rings. The van der Waals surface area contributed by atoms with Gasteiger partial charge in [-0.3, -0.25) is 4.99 Å². The number of rotatable bonds is 2. The highest BCUT2D eigenvalue weighted by molar-refractivity contribution is 5.96. The Kier molecular flexibility index (Phi) is 2.71. The number of aliphatic carboxylic acids is 1. The van der Waals surface area contributed by atoms with Gasteiger partial charge in [0.25, 0.3) is 0 Å². The molecule has 0 fully saturated rings. The number of carboxylic acid groups (broad SMARTS) is 1. The van der Waals surface area contributed by atoms with Crippen molar-refractivity contribution < 1.29 is 19.4 Å². The van der Waals surface area contributed by atoms with Gasteiger partial charge in [-0.2, -0.15) is 0 Å². The van der Waals surface area contributed by atoms with E-state index in [1.54, 1.807) is 6.92 Å². The predicted molar refractivity (Wildman–Crippen MR) is 59.4 cm³/mol. The monoisotopic (exact) mass is 237 g/mol. The number of aliphatic imine (C=N–C) groups is 1. The molecule has 0 bridgehead atoms. The molecular formula is C12H12FNO3. The van der Waals surface area contributed by atoms with Gasteiger partial charge in [0.1, 0.15) is 11.4 Å². The summed E-state index contributed by atoms with van der Waals surface area (Å²) < 4.78 is 12.8. The number of halogens is 1. The van der Waals surface area contributed by atoms with Crippen molar-refractivity contribution in [3.8, 4) is 0 Å². The number of benzene rings is 1. The third-order valence-electron chi connectivity index (χ3n) is 3.04. The van der Waals surface area contributed by atoms with E-state index >= 15 is 0 Å². The first kappa shape index (κ1) is 11.7.